The molecule has 1 unspecified atom stereocenters. The molecule has 0 saturated carbocycles. The van der Waals surface area contributed by atoms with Crippen LogP contribution in [0.4, 0.5) is 0 Å². The van der Waals surface area contributed by atoms with Crippen LogP contribution in [0.5, 0.6) is 5.75 Å². The van der Waals surface area contributed by atoms with E-state index in [1.54, 1.807) is 7.11 Å². The zero-order chi connectivity index (χ0) is 23.0. The molecule has 0 aliphatic carbocycles. The monoisotopic (exact) mass is 442 g/mol. The average Bonchev–Trinajstić information content (AvgIpc) is 3.23. The lowest BCUT2D eigenvalue weighted by Crippen LogP contribution is -2.09. The molecule has 0 bridgehead atoms. The maximum absolute atomic E-state index is 5.38. The first kappa shape index (κ1) is 23.4. The third kappa shape index (κ3) is 5.58. The van der Waals surface area contributed by atoms with Gasteiger partial charge < -0.3 is 9.30 Å². The van der Waals surface area contributed by atoms with Crippen molar-refractivity contribution in [2.75, 3.05) is 7.11 Å². The number of aryl methyl sites for hydroxylation is 1. The Kier molecular flexibility index (Phi) is 8.04. The number of fused-ring (bicyclic) bond motifs is 2. The second-order valence-corrected chi connectivity index (χ2v) is 9.28. The van der Waals surface area contributed by atoms with Crippen LogP contribution in [-0.2, 0) is 6.54 Å². The molecule has 1 atom stereocenters. The summed E-state index contributed by atoms with van der Waals surface area (Å²) in [5.41, 5.74) is 3.66. The van der Waals surface area contributed by atoms with Crippen LogP contribution < -0.4 is 4.74 Å². The molecule has 1 aromatic heterocycles. The molecular weight excluding hydrogens is 404 g/mol. The van der Waals surface area contributed by atoms with E-state index in [2.05, 4.69) is 73.0 Å². The molecule has 3 heteroatoms. The minimum absolute atomic E-state index is 0.234. The van der Waals surface area contributed by atoms with Crippen molar-refractivity contribution in [1.29, 1.82) is 0 Å². The number of ether oxygens (including phenoxy) is 1. The Morgan fingerprint density at radius 3 is 2.30 bits per heavy atom. The SMILES string of the molecule is CCCCCCCCCCn1c(C(C)c2ccc3cc(OC)ccc3c2)nc2ccccc21. The van der Waals surface area contributed by atoms with Crippen LogP contribution >= 0.6 is 0 Å². The fourth-order valence-electron chi connectivity index (χ4n) is 4.85. The Labute approximate surface area is 198 Å². The van der Waals surface area contributed by atoms with Crippen LogP contribution in [-0.4, -0.2) is 16.7 Å². The number of methoxy groups -OCH3 is 1. The average molecular weight is 443 g/mol. The van der Waals surface area contributed by atoms with Crippen LogP contribution in [0.3, 0.4) is 0 Å². The van der Waals surface area contributed by atoms with Gasteiger partial charge in [0.15, 0.2) is 0 Å². The molecule has 4 aromatic rings. The summed E-state index contributed by atoms with van der Waals surface area (Å²) in [5.74, 6) is 2.31. The van der Waals surface area contributed by atoms with Gasteiger partial charge in [-0.05, 0) is 47.0 Å². The second-order valence-electron chi connectivity index (χ2n) is 9.28. The summed E-state index contributed by atoms with van der Waals surface area (Å²) in [5, 5.41) is 2.45. The Hall–Kier alpha value is -2.81. The van der Waals surface area contributed by atoms with E-state index in [0.29, 0.717) is 0 Å². The first-order valence-electron chi connectivity index (χ1n) is 12.7. The number of unbranched alkanes of at least 4 members (excludes halogenated alkanes) is 7. The lowest BCUT2D eigenvalue weighted by Gasteiger charge is -2.16. The van der Waals surface area contributed by atoms with Crippen molar-refractivity contribution in [2.45, 2.75) is 77.7 Å². The summed E-state index contributed by atoms with van der Waals surface area (Å²) >= 11 is 0. The molecule has 0 amide bonds. The smallest absolute Gasteiger partial charge is 0.119 e. The van der Waals surface area contributed by atoms with Crippen molar-refractivity contribution in [3.05, 3.63) is 72.1 Å². The summed E-state index contributed by atoms with van der Waals surface area (Å²) in [6.07, 6.45) is 10.7. The summed E-state index contributed by atoms with van der Waals surface area (Å²) in [7, 11) is 1.72. The van der Waals surface area contributed by atoms with Crippen LogP contribution in [0.25, 0.3) is 21.8 Å². The van der Waals surface area contributed by atoms with Gasteiger partial charge in [0, 0.05) is 12.5 Å². The predicted molar refractivity (Wildman–Crippen MR) is 140 cm³/mol. The molecule has 33 heavy (non-hydrogen) atoms. The molecule has 0 saturated heterocycles. The number of aromatic nitrogens is 2. The van der Waals surface area contributed by atoms with Crippen molar-refractivity contribution in [2.24, 2.45) is 0 Å². The second kappa shape index (κ2) is 11.4. The lowest BCUT2D eigenvalue weighted by atomic mass is 9.97. The molecule has 0 spiro atoms. The highest BCUT2D eigenvalue weighted by Crippen LogP contribution is 2.31. The zero-order valence-electron chi connectivity index (χ0n) is 20.5. The third-order valence-corrected chi connectivity index (χ3v) is 6.88. The van der Waals surface area contributed by atoms with Gasteiger partial charge in [0.1, 0.15) is 11.6 Å². The summed E-state index contributed by atoms with van der Waals surface area (Å²) in [6.45, 7) is 5.61. The number of hydrogen-bond acceptors (Lipinski definition) is 2. The van der Waals surface area contributed by atoms with Crippen molar-refractivity contribution in [1.82, 2.24) is 9.55 Å². The van der Waals surface area contributed by atoms with Crippen molar-refractivity contribution < 1.29 is 4.74 Å². The highest BCUT2D eigenvalue weighted by atomic mass is 16.5. The molecule has 0 aliphatic heterocycles. The third-order valence-electron chi connectivity index (χ3n) is 6.88. The first-order chi connectivity index (χ1) is 16.2. The van der Waals surface area contributed by atoms with Crippen molar-refractivity contribution >= 4 is 21.8 Å². The Bertz CT molecular complexity index is 1180. The topological polar surface area (TPSA) is 27.1 Å². The Balaban J connectivity index is 1.51. The fraction of sp³-hybridized carbons (Fsp3) is 0.433. The van der Waals surface area contributed by atoms with Gasteiger partial charge in [0.25, 0.3) is 0 Å². The number of para-hydroxylation sites is 2. The number of hydrogen-bond donors (Lipinski definition) is 0. The van der Waals surface area contributed by atoms with E-state index in [4.69, 9.17) is 9.72 Å². The number of benzene rings is 3. The standard InChI is InChI=1S/C30H38N2O/c1-4-5-6-7-8-9-10-13-20-32-29-15-12-11-14-28(29)31-30(32)23(2)24-16-17-26-22-27(33-3)19-18-25(26)21-24/h11-12,14-19,21-23H,4-10,13,20H2,1-3H3. The van der Waals surface area contributed by atoms with E-state index >= 15 is 0 Å². The molecule has 3 aromatic carbocycles. The molecule has 174 valence electrons. The van der Waals surface area contributed by atoms with Gasteiger partial charge >= 0.3 is 0 Å². The normalized spacial score (nSPS) is 12.5. The van der Waals surface area contributed by atoms with Gasteiger partial charge in [0.05, 0.1) is 18.1 Å². The van der Waals surface area contributed by atoms with Gasteiger partial charge in [0.2, 0.25) is 0 Å². The first-order valence-corrected chi connectivity index (χ1v) is 12.7. The van der Waals surface area contributed by atoms with E-state index in [1.807, 2.05) is 6.07 Å². The number of imidazole rings is 1. The largest absolute Gasteiger partial charge is 0.497 e. The Morgan fingerprint density at radius 1 is 0.818 bits per heavy atom. The van der Waals surface area contributed by atoms with Crippen LogP contribution in [0, 0.1) is 0 Å². The lowest BCUT2D eigenvalue weighted by molar-refractivity contribution is 0.415. The van der Waals surface area contributed by atoms with E-state index in [-0.39, 0.29) is 5.92 Å². The van der Waals surface area contributed by atoms with Crippen LogP contribution in [0.15, 0.2) is 60.7 Å². The Morgan fingerprint density at radius 2 is 1.52 bits per heavy atom. The van der Waals surface area contributed by atoms with E-state index in [0.717, 1.165) is 17.8 Å². The van der Waals surface area contributed by atoms with Crippen molar-refractivity contribution in [3.8, 4) is 5.75 Å². The summed E-state index contributed by atoms with van der Waals surface area (Å²) in [4.78, 5) is 5.09. The summed E-state index contributed by atoms with van der Waals surface area (Å²) < 4.78 is 7.85. The molecule has 0 N–H and O–H groups in total. The quantitative estimate of drug-likeness (QED) is 0.206. The molecule has 0 radical (unpaired) electrons. The van der Waals surface area contributed by atoms with Crippen molar-refractivity contribution in [3.63, 3.8) is 0 Å². The maximum Gasteiger partial charge on any atom is 0.119 e. The van der Waals surface area contributed by atoms with E-state index < -0.39 is 0 Å². The van der Waals surface area contributed by atoms with E-state index in [9.17, 15) is 0 Å². The van der Waals surface area contributed by atoms with Gasteiger partial charge in [-0.2, -0.15) is 0 Å². The highest BCUT2D eigenvalue weighted by molar-refractivity contribution is 5.85. The molecule has 3 nitrogen and oxygen atoms in total. The molecule has 1 heterocycles. The molecule has 0 fully saturated rings. The predicted octanol–water partition coefficient (Wildman–Crippen LogP) is 8.49. The van der Waals surface area contributed by atoms with Gasteiger partial charge in [-0.15, -0.1) is 0 Å². The number of nitrogens with zero attached hydrogens (tertiary/aromatic N) is 2. The van der Waals surface area contributed by atoms with Gasteiger partial charge in [-0.1, -0.05) is 95.2 Å². The minimum atomic E-state index is 0.234. The van der Waals surface area contributed by atoms with Crippen LogP contribution in [0.1, 0.15) is 82.5 Å². The summed E-state index contributed by atoms with van der Waals surface area (Å²) in [6, 6.07) is 21.6. The van der Waals surface area contributed by atoms with Gasteiger partial charge in [-0.25, -0.2) is 4.98 Å². The zero-order valence-corrected chi connectivity index (χ0v) is 20.5. The molecule has 4 rings (SSSR count). The van der Waals surface area contributed by atoms with E-state index in [1.165, 1.54) is 79.0 Å². The van der Waals surface area contributed by atoms with Gasteiger partial charge in [-0.3, -0.25) is 0 Å². The fourth-order valence-corrected chi connectivity index (χ4v) is 4.85. The van der Waals surface area contributed by atoms with Crippen LogP contribution in [0.2, 0.25) is 0 Å². The maximum atomic E-state index is 5.38. The minimum Gasteiger partial charge on any atom is -0.497 e. The molecule has 0 aliphatic rings. The number of rotatable bonds is 12. The molecular formula is C30H38N2O. The highest BCUT2D eigenvalue weighted by Gasteiger charge is 2.18.